The van der Waals surface area contributed by atoms with Crippen molar-refractivity contribution in [3.8, 4) is 11.5 Å². The number of hydrogen-bond acceptors (Lipinski definition) is 5. The number of aliphatic carboxylic acids is 1. The maximum Gasteiger partial charge on any atom is 0.303 e. The Balaban J connectivity index is 2.06. The molecule has 0 saturated heterocycles. The molecule has 0 aliphatic rings. The molecule has 0 amide bonds. The maximum absolute atomic E-state index is 10.5. The number of rotatable bonds is 7. The van der Waals surface area contributed by atoms with Crippen molar-refractivity contribution >= 4 is 5.97 Å². The van der Waals surface area contributed by atoms with Crippen LogP contribution >= 0.6 is 0 Å². The lowest BCUT2D eigenvalue weighted by molar-refractivity contribution is -0.136. The van der Waals surface area contributed by atoms with Gasteiger partial charge in [-0.15, -0.1) is 5.10 Å². The average molecular weight is 291 g/mol. The van der Waals surface area contributed by atoms with Crippen LogP contribution in [-0.2, 0) is 17.8 Å². The summed E-state index contributed by atoms with van der Waals surface area (Å²) in [6, 6.07) is 5.62. The highest BCUT2D eigenvalue weighted by Gasteiger charge is 2.07. The van der Waals surface area contributed by atoms with E-state index in [0.717, 1.165) is 5.56 Å². The zero-order valence-corrected chi connectivity index (χ0v) is 11.9. The summed E-state index contributed by atoms with van der Waals surface area (Å²) in [5.74, 6) is 0.479. The van der Waals surface area contributed by atoms with Gasteiger partial charge in [-0.2, -0.15) is 0 Å². The highest BCUT2D eigenvalue weighted by molar-refractivity contribution is 5.66. The van der Waals surface area contributed by atoms with Crippen LogP contribution < -0.4 is 9.47 Å². The summed E-state index contributed by atoms with van der Waals surface area (Å²) in [4.78, 5) is 10.5. The molecule has 0 bridgehead atoms. The van der Waals surface area contributed by atoms with Crippen LogP contribution in [-0.4, -0.2) is 40.3 Å². The van der Waals surface area contributed by atoms with E-state index in [2.05, 4.69) is 10.3 Å². The summed E-state index contributed by atoms with van der Waals surface area (Å²) in [6.07, 6.45) is 2.18. The topological polar surface area (TPSA) is 86.5 Å². The Kier molecular flexibility index (Phi) is 4.76. The van der Waals surface area contributed by atoms with E-state index in [1.165, 1.54) is 0 Å². The second-order valence-corrected chi connectivity index (χ2v) is 4.49. The first-order valence-electron chi connectivity index (χ1n) is 6.44. The van der Waals surface area contributed by atoms with Gasteiger partial charge < -0.3 is 14.6 Å². The smallest absolute Gasteiger partial charge is 0.303 e. The molecule has 2 rings (SSSR count). The third kappa shape index (κ3) is 3.95. The largest absolute Gasteiger partial charge is 0.493 e. The Morgan fingerprint density at radius 2 is 2.05 bits per heavy atom. The lowest BCUT2D eigenvalue weighted by Gasteiger charge is -2.09. The van der Waals surface area contributed by atoms with Gasteiger partial charge in [-0.1, -0.05) is 11.3 Å². The number of hydrogen-bond donors (Lipinski definition) is 1. The van der Waals surface area contributed by atoms with Crippen molar-refractivity contribution in [2.75, 3.05) is 14.2 Å². The second-order valence-electron chi connectivity index (χ2n) is 4.49. The number of carboxylic acid groups (broad SMARTS) is 1. The molecular formula is C14H17N3O4. The Bertz CT molecular complexity index is 624. The molecule has 0 aliphatic heterocycles. The fourth-order valence-corrected chi connectivity index (χ4v) is 1.93. The molecule has 7 heteroatoms. The first-order chi connectivity index (χ1) is 10.1. The van der Waals surface area contributed by atoms with E-state index in [9.17, 15) is 4.79 Å². The van der Waals surface area contributed by atoms with Gasteiger partial charge in [0.05, 0.1) is 32.9 Å². The summed E-state index contributed by atoms with van der Waals surface area (Å²) in [5, 5.41) is 16.6. The van der Waals surface area contributed by atoms with Gasteiger partial charge in [0.15, 0.2) is 11.5 Å². The van der Waals surface area contributed by atoms with Gasteiger partial charge in [0.2, 0.25) is 0 Å². The van der Waals surface area contributed by atoms with Crippen LogP contribution in [0.2, 0.25) is 0 Å². The Morgan fingerprint density at radius 3 is 2.71 bits per heavy atom. The highest BCUT2D eigenvalue weighted by Crippen LogP contribution is 2.27. The number of aryl methyl sites for hydroxylation is 1. The molecule has 112 valence electrons. The molecule has 2 aromatic rings. The summed E-state index contributed by atoms with van der Waals surface area (Å²) in [7, 11) is 3.17. The number of ether oxygens (including phenoxy) is 2. The highest BCUT2D eigenvalue weighted by atomic mass is 16.5. The monoisotopic (exact) mass is 291 g/mol. The van der Waals surface area contributed by atoms with Gasteiger partial charge in [0.1, 0.15) is 0 Å². The van der Waals surface area contributed by atoms with Gasteiger partial charge in [0.25, 0.3) is 0 Å². The number of carboxylic acids is 1. The van der Waals surface area contributed by atoms with Crippen molar-refractivity contribution in [2.45, 2.75) is 19.4 Å². The first kappa shape index (κ1) is 14.8. The predicted molar refractivity (Wildman–Crippen MR) is 74.6 cm³/mol. The van der Waals surface area contributed by atoms with E-state index in [1.807, 2.05) is 18.2 Å². The molecule has 7 nitrogen and oxygen atoms in total. The lowest BCUT2D eigenvalue weighted by atomic mass is 10.2. The number of aromatic nitrogens is 3. The fourth-order valence-electron chi connectivity index (χ4n) is 1.93. The van der Waals surface area contributed by atoms with E-state index in [4.69, 9.17) is 14.6 Å². The molecule has 1 heterocycles. The van der Waals surface area contributed by atoms with Gasteiger partial charge in [-0.25, -0.2) is 4.68 Å². The van der Waals surface area contributed by atoms with E-state index >= 15 is 0 Å². The van der Waals surface area contributed by atoms with Crippen LogP contribution in [0, 0.1) is 0 Å². The number of methoxy groups -OCH3 is 2. The van der Waals surface area contributed by atoms with E-state index in [1.54, 1.807) is 25.1 Å². The van der Waals surface area contributed by atoms with E-state index in [-0.39, 0.29) is 6.42 Å². The van der Waals surface area contributed by atoms with Crippen LogP contribution in [0.15, 0.2) is 24.4 Å². The van der Waals surface area contributed by atoms with Crippen LogP contribution in [0.5, 0.6) is 11.5 Å². The molecule has 0 atom stereocenters. The second kappa shape index (κ2) is 6.74. The van der Waals surface area contributed by atoms with Crippen molar-refractivity contribution in [3.05, 3.63) is 35.7 Å². The van der Waals surface area contributed by atoms with Crippen LogP contribution in [0.25, 0.3) is 0 Å². The van der Waals surface area contributed by atoms with Gasteiger partial charge in [0, 0.05) is 12.6 Å². The summed E-state index contributed by atoms with van der Waals surface area (Å²) in [6.45, 7) is 0.528. The SMILES string of the molecule is COc1ccc(Cn2cc(CCC(=O)O)nn2)cc1OC. The molecule has 0 radical (unpaired) electrons. The van der Waals surface area contributed by atoms with Gasteiger partial charge in [-0.05, 0) is 17.7 Å². The maximum atomic E-state index is 10.5. The van der Waals surface area contributed by atoms with Gasteiger partial charge in [-0.3, -0.25) is 4.79 Å². The zero-order chi connectivity index (χ0) is 15.2. The molecule has 1 aromatic carbocycles. The molecule has 0 saturated carbocycles. The van der Waals surface area contributed by atoms with E-state index < -0.39 is 5.97 Å². The zero-order valence-electron chi connectivity index (χ0n) is 11.9. The van der Waals surface area contributed by atoms with E-state index in [0.29, 0.717) is 30.2 Å². The normalized spacial score (nSPS) is 10.4. The minimum absolute atomic E-state index is 0.0506. The van der Waals surface area contributed by atoms with Crippen molar-refractivity contribution in [1.82, 2.24) is 15.0 Å². The average Bonchev–Trinajstić information content (AvgIpc) is 2.92. The van der Waals surface area contributed by atoms with Crippen molar-refractivity contribution < 1.29 is 19.4 Å². The molecule has 21 heavy (non-hydrogen) atoms. The van der Waals surface area contributed by atoms with Crippen LogP contribution in [0.1, 0.15) is 17.7 Å². The lowest BCUT2D eigenvalue weighted by Crippen LogP contribution is -2.01. The predicted octanol–water partition coefficient (Wildman–Crippen LogP) is 1.36. The molecular weight excluding hydrogens is 274 g/mol. The molecule has 1 N–H and O–H groups in total. The summed E-state index contributed by atoms with van der Waals surface area (Å²) >= 11 is 0. The van der Waals surface area contributed by atoms with Crippen LogP contribution in [0.3, 0.4) is 0 Å². The summed E-state index contributed by atoms with van der Waals surface area (Å²) < 4.78 is 12.1. The minimum Gasteiger partial charge on any atom is -0.493 e. The fraction of sp³-hybridized carbons (Fsp3) is 0.357. The number of nitrogens with zero attached hydrogens (tertiary/aromatic N) is 3. The Labute approximate surface area is 122 Å². The number of carbonyl (C=O) groups is 1. The summed E-state index contributed by atoms with van der Waals surface area (Å²) in [5.41, 5.74) is 1.65. The number of benzene rings is 1. The quantitative estimate of drug-likeness (QED) is 0.829. The molecule has 0 fully saturated rings. The molecule has 0 spiro atoms. The van der Waals surface area contributed by atoms with Crippen molar-refractivity contribution in [1.29, 1.82) is 0 Å². The minimum atomic E-state index is -0.843. The third-order valence-electron chi connectivity index (χ3n) is 2.97. The first-order valence-corrected chi connectivity index (χ1v) is 6.44. The molecule has 1 aromatic heterocycles. The Morgan fingerprint density at radius 1 is 1.29 bits per heavy atom. The molecule has 0 unspecified atom stereocenters. The van der Waals surface area contributed by atoms with Gasteiger partial charge >= 0.3 is 5.97 Å². The van der Waals surface area contributed by atoms with Crippen LogP contribution in [0.4, 0.5) is 0 Å². The van der Waals surface area contributed by atoms with Crippen molar-refractivity contribution in [3.63, 3.8) is 0 Å². The Hall–Kier alpha value is -2.57. The standard InChI is InChI=1S/C14H17N3O4/c1-20-12-5-3-10(7-13(12)21-2)8-17-9-11(15-16-17)4-6-14(18)19/h3,5,7,9H,4,6,8H2,1-2H3,(H,18,19). The third-order valence-corrected chi connectivity index (χ3v) is 2.97. The van der Waals surface area contributed by atoms with Crippen molar-refractivity contribution in [2.24, 2.45) is 0 Å². The molecule has 0 aliphatic carbocycles.